The zero-order chi connectivity index (χ0) is 16.7. The average Bonchev–Trinajstić information content (AvgIpc) is 2.55. The predicted molar refractivity (Wildman–Crippen MR) is 94.6 cm³/mol. The first-order valence-corrected chi connectivity index (χ1v) is 9.00. The van der Waals surface area contributed by atoms with Crippen molar-refractivity contribution < 1.29 is 9.53 Å². The number of benzene rings is 1. The number of nitrogens with zero attached hydrogens (tertiary/aromatic N) is 1. The molecule has 0 aromatic heterocycles. The highest BCUT2D eigenvalue weighted by atomic mass is 16.6. The number of hydrogen-bond donors (Lipinski definition) is 0. The minimum absolute atomic E-state index is 0.160. The Bertz CT molecular complexity index is 486. The van der Waals surface area contributed by atoms with Gasteiger partial charge in [0.2, 0.25) is 0 Å². The van der Waals surface area contributed by atoms with Crippen molar-refractivity contribution in [1.82, 2.24) is 4.90 Å². The number of esters is 1. The van der Waals surface area contributed by atoms with Gasteiger partial charge >= 0.3 is 5.97 Å². The molecule has 0 amide bonds. The Balaban J connectivity index is 2.20. The van der Waals surface area contributed by atoms with Gasteiger partial charge in [0.25, 0.3) is 0 Å². The van der Waals surface area contributed by atoms with E-state index in [0.717, 1.165) is 45.1 Å². The number of hydrogen-bond acceptors (Lipinski definition) is 3. The molecule has 0 heterocycles. The molecule has 1 aliphatic rings. The van der Waals surface area contributed by atoms with Crippen LogP contribution in [0.1, 0.15) is 62.2 Å². The van der Waals surface area contributed by atoms with E-state index in [2.05, 4.69) is 25.9 Å². The molecule has 0 spiro atoms. The quantitative estimate of drug-likeness (QED) is 0.692. The second-order valence-corrected chi connectivity index (χ2v) is 7.13. The lowest BCUT2D eigenvalue weighted by Gasteiger charge is -2.44. The van der Waals surface area contributed by atoms with Crippen LogP contribution in [0.5, 0.6) is 0 Å². The number of rotatable bonds is 7. The molecule has 1 aromatic rings. The van der Waals surface area contributed by atoms with Crippen LogP contribution in [-0.4, -0.2) is 37.1 Å². The van der Waals surface area contributed by atoms with Crippen LogP contribution >= 0.6 is 0 Å². The molecule has 1 saturated carbocycles. The van der Waals surface area contributed by atoms with Crippen LogP contribution in [0.2, 0.25) is 0 Å². The Morgan fingerprint density at radius 3 is 2.65 bits per heavy atom. The van der Waals surface area contributed by atoms with E-state index in [1.807, 2.05) is 30.3 Å². The standard InChI is InChI=1S/C20H31NO2/c1-4-5-14-20(15-10-9-13-18(20)16-21(2)3)23-19(22)17-11-7-6-8-12-17/h6-8,11-12,18H,4-5,9-10,13-16H2,1-3H3. The van der Waals surface area contributed by atoms with Gasteiger partial charge in [-0.25, -0.2) is 4.79 Å². The fourth-order valence-corrected chi connectivity index (χ4v) is 3.79. The summed E-state index contributed by atoms with van der Waals surface area (Å²) >= 11 is 0. The van der Waals surface area contributed by atoms with Crippen LogP contribution in [-0.2, 0) is 4.74 Å². The summed E-state index contributed by atoms with van der Waals surface area (Å²) in [6.07, 6.45) is 7.81. The maximum absolute atomic E-state index is 12.7. The molecule has 2 atom stereocenters. The van der Waals surface area contributed by atoms with Crippen molar-refractivity contribution in [1.29, 1.82) is 0 Å². The number of carbonyl (C=O) groups is 1. The van der Waals surface area contributed by atoms with Crippen LogP contribution in [0, 0.1) is 5.92 Å². The molecule has 3 heteroatoms. The molecule has 2 rings (SSSR count). The molecule has 0 aliphatic heterocycles. The van der Waals surface area contributed by atoms with Crippen LogP contribution in [0.3, 0.4) is 0 Å². The summed E-state index contributed by atoms with van der Waals surface area (Å²) in [5.74, 6) is 0.276. The largest absolute Gasteiger partial charge is 0.455 e. The van der Waals surface area contributed by atoms with E-state index in [9.17, 15) is 4.79 Å². The highest BCUT2D eigenvalue weighted by Crippen LogP contribution is 2.41. The highest BCUT2D eigenvalue weighted by molar-refractivity contribution is 5.89. The predicted octanol–water partition coefficient (Wildman–Crippen LogP) is 4.52. The molecule has 1 aliphatic carbocycles. The van der Waals surface area contributed by atoms with Crippen molar-refractivity contribution in [3.05, 3.63) is 35.9 Å². The van der Waals surface area contributed by atoms with Gasteiger partial charge < -0.3 is 9.64 Å². The first-order chi connectivity index (χ1) is 11.1. The lowest BCUT2D eigenvalue weighted by Crippen LogP contribution is -2.48. The summed E-state index contributed by atoms with van der Waals surface area (Å²) in [5, 5.41) is 0. The average molecular weight is 317 g/mol. The summed E-state index contributed by atoms with van der Waals surface area (Å²) in [6.45, 7) is 3.20. The molecule has 3 nitrogen and oxygen atoms in total. The van der Waals surface area contributed by atoms with E-state index in [4.69, 9.17) is 4.74 Å². The Labute approximate surface area is 141 Å². The summed E-state index contributed by atoms with van der Waals surface area (Å²) < 4.78 is 6.22. The van der Waals surface area contributed by atoms with E-state index in [-0.39, 0.29) is 11.6 Å². The van der Waals surface area contributed by atoms with E-state index in [1.54, 1.807) is 0 Å². The number of ether oxygens (including phenoxy) is 1. The number of carbonyl (C=O) groups excluding carboxylic acids is 1. The van der Waals surface area contributed by atoms with Gasteiger partial charge in [0.15, 0.2) is 0 Å². The molecule has 128 valence electrons. The van der Waals surface area contributed by atoms with E-state index < -0.39 is 0 Å². The third-order valence-electron chi connectivity index (χ3n) is 4.99. The van der Waals surface area contributed by atoms with Gasteiger partial charge in [-0.05, 0) is 58.3 Å². The summed E-state index contributed by atoms with van der Waals surface area (Å²) in [4.78, 5) is 14.9. The zero-order valence-corrected chi connectivity index (χ0v) is 14.9. The minimum Gasteiger partial charge on any atom is -0.455 e. The van der Waals surface area contributed by atoms with Crippen molar-refractivity contribution in [2.24, 2.45) is 5.92 Å². The Kier molecular flexibility index (Phi) is 6.64. The molecule has 1 fully saturated rings. The Morgan fingerprint density at radius 1 is 1.26 bits per heavy atom. The van der Waals surface area contributed by atoms with Gasteiger partial charge in [0.05, 0.1) is 5.56 Å². The monoisotopic (exact) mass is 317 g/mol. The van der Waals surface area contributed by atoms with Gasteiger partial charge in [0, 0.05) is 12.5 Å². The van der Waals surface area contributed by atoms with Gasteiger partial charge in [-0.15, -0.1) is 0 Å². The molecule has 23 heavy (non-hydrogen) atoms. The normalized spacial score (nSPS) is 24.6. The maximum Gasteiger partial charge on any atom is 0.338 e. The molecule has 0 saturated heterocycles. The molecule has 2 unspecified atom stereocenters. The SMILES string of the molecule is CCCCC1(OC(=O)c2ccccc2)CCCCC1CN(C)C. The fraction of sp³-hybridized carbons (Fsp3) is 0.650. The van der Waals surface area contributed by atoms with Gasteiger partial charge in [0.1, 0.15) is 5.60 Å². The van der Waals surface area contributed by atoms with Gasteiger partial charge in [-0.1, -0.05) is 38.0 Å². The third-order valence-corrected chi connectivity index (χ3v) is 4.99. The molecule has 0 bridgehead atoms. The van der Waals surface area contributed by atoms with Crippen LogP contribution in [0.4, 0.5) is 0 Å². The zero-order valence-electron chi connectivity index (χ0n) is 14.9. The second kappa shape index (κ2) is 8.49. The molecule has 1 aromatic carbocycles. The van der Waals surface area contributed by atoms with Crippen molar-refractivity contribution in [3.8, 4) is 0 Å². The number of unbranched alkanes of at least 4 members (excludes halogenated alkanes) is 1. The minimum atomic E-state index is -0.286. The molecular formula is C20H31NO2. The molecule has 0 radical (unpaired) electrons. The van der Waals surface area contributed by atoms with Crippen LogP contribution in [0.15, 0.2) is 30.3 Å². The summed E-state index contributed by atoms with van der Waals surface area (Å²) in [6, 6.07) is 9.42. The van der Waals surface area contributed by atoms with Crippen LogP contribution < -0.4 is 0 Å². The van der Waals surface area contributed by atoms with Crippen molar-refractivity contribution >= 4 is 5.97 Å². The smallest absolute Gasteiger partial charge is 0.338 e. The topological polar surface area (TPSA) is 29.5 Å². The van der Waals surface area contributed by atoms with Gasteiger partial charge in [-0.3, -0.25) is 0 Å². The summed E-state index contributed by atoms with van der Waals surface area (Å²) in [5.41, 5.74) is 0.378. The van der Waals surface area contributed by atoms with Crippen molar-refractivity contribution in [2.75, 3.05) is 20.6 Å². The molecule has 0 N–H and O–H groups in total. The Hall–Kier alpha value is -1.35. The maximum atomic E-state index is 12.7. The van der Waals surface area contributed by atoms with E-state index >= 15 is 0 Å². The summed E-state index contributed by atoms with van der Waals surface area (Å²) in [7, 11) is 4.22. The van der Waals surface area contributed by atoms with E-state index in [0.29, 0.717) is 11.5 Å². The van der Waals surface area contributed by atoms with Gasteiger partial charge in [-0.2, -0.15) is 0 Å². The third kappa shape index (κ3) is 4.81. The fourth-order valence-electron chi connectivity index (χ4n) is 3.79. The lowest BCUT2D eigenvalue weighted by molar-refractivity contribution is -0.0829. The second-order valence-electron chi connectivity index (χ2n) is 7.13. The molecular weight excluding hydrogens is 286 g/mol. The van der Waals surface area contributed by atoms with Crippen LogP contribution in [0.25, 0.3) is 0 Å². The van der Waals surface area contributed by atoms with Crippen molar-refractivity contribution in [3.63, 3.8) is 0 Å². The Morgan fingerprint density at radius 2 is 2.00 bits per heavy atom. The van der Waals surface area contributed by atoms with E-state index in [1.165, 1.54) is 6.42 Å². The lowest BCUT2D eigenvalue weighted by atomic mass is 9.72. The highest BCUT2D eigenvalue weighted by Gasteiger charge is 2.43. The first kappa shape index (κ1) is 18.0. The first-order valence-electron chi connectivity index (χ1n) is 9.00. The van der Waals surface area contributed by atoms with Crippen molar-refractivity contribution in [2.45, 2.75) is 57.5 Å².